The van der Waals surface area contributed by atoms with Crippen molar-refractivity contribution in [2.45, 2.75) is 31.6 Å². The Morgan fingerprint density at radius 2 is 1.81 bits per heavy atom. The molecule has 2 amide bonds. The molecule has 0 saturated carbocycles. The molecule has 0 spiro atoms. The van der Waals surface area contributed by atoms with Gasteiger partial charge >= 0.3 is 12.2 Å². The second-order valence-electron chi connectivity index (χ2n) is 6.41. The summed E-state index contributed by atoms with van der Waals surface area (Å²) in [6.07, 6.45) is -0.786. The highest BCUT2D eigenvalue weighted by Gasteiger charge is 2.43. The third-order valence-corrected chi connectivity index (χ3v) is 4.51. The molecule has 1 aliphatic rings. The van der Waals surface area contributed by atoms with Crippen LogP contribution in [0.25, 0.3) is 0 Å². The Bertz CT molecular complexity index is 783. The summed E-state index contributed by atoms with van der Waals surface area (Å²) < 4.78 is 39.5. The third-order valence-electron chi connectivity index (χ3n) is 4.51. The molecule has 0 aliphatic carbocycles. The fourth-order valence-corrected chi connectivity index (χ4v) is 3.36. The molecule has 1 atom stereocenters. The molecule has 0 bridgehead atoms. The topological polar surface area (TPSA) is 56.7 Å². The van der Waals surface area contributed by atoms with E-state index in [1.54, 1.807) is 48.8 Å². The van der Waals surface area contributed by atoms with Crippen LogP contribution in [0.3, 0.4) is 0 Å². The van der Waals surface area contributed by atoms with Crippen molar-refractivity contribution in [3.8, 4) is 0 Å². The highest BCUT2D eigenvalue weighted by Crippen LogP contribution is 2.41. The molecule has 3 rings (SSSR count). The molecule has 1 aromatic heterocycles. The number of aromatic nitrogens is 1. The van der Waals surface area contributed by atoms with E-state index < -0.39 is 24.8 Å². The Labute approximate surface area is 155 Å². The van der Waals surface area contributed by atoms with E-state index in [0.29, 0.717) is 17.7 Å². The number of pyridine rings is 1. The van der Waals surface area contributed by atoms with Crippen molar-refractivity contribution >= 4 is 11.7 Å². The molecule has 0 saturated heterocycles. The quantitative estimate of drug-likeness (QED) is 0.828. The van der Waals surface area contributed by atoms with Crippen LogP contribution < -0.4 is 4.90 Å². The number of aliphatic hydroxyl groups is 1. The highest BCUT2D eigenvalue weighted by molar-refractivity contribution is 5.95. The first-order chi connectivity index (χ1) is 12.9. The lowest BCUT2D eigenvalue weighted by molar-refractivity contribution is -0.144. The number of nitrogens with zero attached hydrogens (tertiary/aromatic N) is 3. The van der Waals surface area contributed by atoms with E-state index in [4.69, 9.17) is 5.11 Å². The van der Waals surface area contributed by atoms with Crippen LogP contribution in [-0.4, -0.2) is 40.3 Å². The summed E-state index contributed by atoms with van der Waals surface area (Å²) in [6, 6.07) is 9.02. The molecule has 5 nitrogen and oxygen atoms in total. The predicted molar refractivity (Wildman–Crippen MR) is 94.1 cm³/mol. The minimum Gasteiger partial charge on any atom is -0.396 e. The van der Waals surface area contributed by atoms with Crippen LogP contribution in [0.2, 0.25) is 0 Å². The van der Waals surface area contributed by atoms with Gasteiger partial charge in [-0.05, 0) is 42.2 Å². The van der Waals surface area contributed by atoms with E-state index in [-0.39, 0.29) is 19.6 Å². The maximum atomic E-state index is 13.2. The number of anilines is 1. The molecule has 2 heterocycles. The number of fused-ring (bicyclic) bond motifs is 1. The minimum absolute atomic E-state index is 0.145. The number of alkyl halides is 3. The van der Waals surface area contributed by atoms with Crippen LogP contribution in [0.5, 0.6) is 0 Å². The van der Waals surface area contributed by atoms with Gasteiger partial charge in [-0.2, -0.15) is 13.2 Å². The van der Waals surface area contributed by atoms with Crippen LogP contribution in [0, 0.1) is 0 Å². The van der Waals surface area contributed by atoms with Crippen molar-refractivity contribution in [3.63, 3.8) is 0 Å². The summed E-state index contributed by atoms with van der Waals surface area (Å²) in [5, 5.41) is 9.13. The predicted octanol–water partition coefficient (Wildman–Crippen LogP) is 3.90. The van der Waals surface area contributed by atoms with Crippen LogP contribution in [0.4, 0.5) is 23.7 Å². The van der Waals surface area contributed by atoms with Gasteiger partial charge in [0.1, 0.15) is 6.54 Å². The maximum absolute atomic E-state index is 13.2. The Morgan fingerprint density at radius 3 is 2.48 bits per heavy atom. The van der Waals surface area contributed by atoms with E-state index in [0.717, 1.165) is 10.5 Å². The number of aliphatic hydroxyl groups excluding tert-OH is 1. The standard InChI is InChI=1S/C19H20F3N3O2/c20-19(21,22)13-25-17(6-3-11-26)15-4-1-2-5-16(15)24(18(25)27)12-14-7-9-23-10-8-14/h1-2,4-5,7-10,17,26H,3,6,11-13H2. The van der Waals surface area contributed by atoms with Gasteiger partial charge in [0, 0.05) is 19.0 Å². The summed E-state index contributed by atoms with van der Waals surface area (Å²) in [7, 11) is 0. The van der Waals surface area contributed by atoms with Crippen molar-refractivity contribution in [1.29, 1.82) is 0 Å². The molecule has 1 aliphatic heterocycles. The smallest absolute Gasteiger partial charge is 0.396 e. The van der Waals surface area contributed by atoms with Gasteiger partial charge in [-0.3, -0.25) is 9.88 Å². The normalized spacial score (nSPS) is 17.2. The van der Waals surface area contributed by atoms with Gasteiger partial charge in [0.2, 0.25) is 0 Å². The first kappa shape index (κ1) is 19.2. The number of benzene rings is 1. The number of hydrogen-bond acceptors (Lipinski definition) is 3. The number of amides is 2. The number of carbonyl (C=O) groups is 1. The summed E-state index contributed by atoms with van der Waals surface area (Å²) >= 11 is 0. The lowest BCUT2D eigenvalue weighted by Gasteiger charge is -2.43. The lowest BCUT2D eigenvalue weighted by Crippen LogP contribution is -2.52. The van der Waals surface area contributed by atoms with Crippen molar-refractivity contribution < 1.29 is 23.1 Å². The summed E-state index contributed by atoms with van der Waals surface area (Å²) in [5.74, 6) is 0. The number of halogens is 3. The number of hydrogen-bond donors (Lipinski definition) is 1. The second kappa shape index (κ2) is 7.96. The maximum Gasteiger partial charge on any atom is 0.406 e. The first-order valence-corrected chi connectivity index (χ1v) is 8.64. The summed E-state index contributed by atoms with van der Waals surface area (Å²) in [4.78, 5) is 19.2. The Kier molecular flexibility index (Phi) is 5.65. The van der Waals surface area contributed by atoms with Crippen molar-refractivity contribution in [3.05, 3.63) is 59.9 Å². The molecule has 1 aromatic carbocycles. The third kappa shape index (κ3) is 4.39. The first-order valence-electron chi connectivity index (χ1n) is 8.64. The van der Waals surface area contributed by atoms with Crippen molar-refractivity contribution in [1.82, 2.24) is 9.88 Å². The van der Waals surface area contributed by atoms with E-state index in [1.807, 2.05) is 0 Å². The molecule has 1 unspecified atom stereocenters. The Hall–Kier alpha value is -2.61. The zero-order valence-corrected chi connectivity index (χ0v) is 14.6. The molecule has 0 fully saturated rings. The van der Waals surface area contributed by atoms with Crippen molar-refractivity contribution in [2.24, 2.45) is 0 Å². The van der Waals surface area contributed by atoms with Gasteiger partial charge in [0.15, 0.2) is 0 Å². The van der Waals surface area contributed by atoms with Gasteiger partial charge < -0.3 is 10.0 Å². The fourth-order valence-electron chi connectivity index (χ4n) is 3.36. The zero-order valence-electron chi connectivity index (χ0n) is 14.6. The van der Waals surface area contributed by atoms with Crippen LogP contribution in [0.15, 0.2) is 48.8 Å². The van der Waals surface area contributed by atoms with Crippen molar-refractivity contribution in [2.75, 3.05) is 18.1 Å². The summed E-state index contributed by atoms with van der Waals surface area (Å²) in [6.45, 7) is -1.32. The van der Waals surface area contributed by atoms with Gasteiger partial charge in [0.25, 0.3) is 0 Å². The lowest BCUT2D eigenvalue weighted by atomic mass is 9.95. The van der Waals surface area contributed by atoms with Crippen LogP contribution >= 0.6 is 0 Å². The minimum atomic E-state index is -4.51. The molecular weight excluding hydrogens is 359 g/mol. The molecule has 27 heavy (non-hydrogen) atoms. The SMILES string of the molecule is O=C1N(Cc2ccncc2)c2ccccc2C(CCCO)N1CC(F)(F)F. The van der Waals surface area contributed by atoms with Gasteiger partial charge in [-0.25, -0.2) is 4.79 Å². The number of urea groups is 1. The average molecular weight is 379 g/mol. The molecule has 2 aromatic rings. The largest absolute Gasteiger partial charge is 0.406 e. The molecule has 8 heteroatoms. The van der Waals surface area contributed by atoms with E-state index in [9.17, 15) is 18.0 Å². The fraction of sp³-hybridized carbons (Fsp3) is 0.368. The Balaban J connectivity index is 2.02. The van der Waals surface area contributed by atoms with Crippen LogP contribution in [0.1, 0.15) is 30.0 Å². The number of rotatable bonds is 6. The average Bonchev–Trinajstić information content (AvgIpc) is 2.64. The molecule has 144 valence electrons. The number of carbonyl (C=O) groups excluding carboxylic acids is 1. The molecular formula is C19H20F3N3O2. The molecule has 0 radical (unpaired) electrons. The van der Waals surface area contributed by atoms with Crippen LogP contribution in [-0.2, 0) is 6.54 Å². The van der Waals surface area contributed by atoms with Gasteiger partial charge in [0.05, 0.1) is 18.3 Å². The second-order valence-corrected chi connectivity index (χ2v) is 6.41. The molecule has 1 N–H and O–H groups in total. The monoisotopic (exact) mass is 379 g/mol. The highest BCUT2D eigenvalue weighted by atomic mass is 19.4. The van der Waals surface area contributed by atoms with E-state index >= 15 is 0 Å². The summed E-state index contributed by atoms with van der Waals surface area (Å²) in [5.41, 5.74) is 2.03. The zero-order chi connectivity index (χ0) is 19.4. The van der Waals surface area contributed by atoms with Gasteiger partial charge in [-0.1, -0.05) is 18.2 Å². The van der Waals surface area contributed by atoms with Gasteiger partial charge in [-0.15, -0.1) is 0 Å². The van der Waals surface area contributed by atoms with E-state index in [2.05, 4.69) is 4.98 Å². The number of para-hydroxylation sites is 1. The Morgan fingerprint density at radius 1 is 1.11 bits per heavy atom. The van der Waals surface area contributed by atoms with E-state index in [1.165, 1.54) is 4.90 Å².